The minimum absolute atomic E-state index is 0.0607. The van der Waals surface area contributed by atoms with Crippen LogP contribution in [0.2, 0.25) is 0 Å². The highest BCUT2D eigenvalue weighted by Crippen LogP contribution is 2.62. The third-order valence-corrected chi connectivity index (χ3v) is 8.64. The van der Waals surface area contributed by atoms with Gasteiger partial charge in [-0.1, -0.05) is 79.1 Å². The minimum Gasteiger partial charge on any atom is -0.391 e. The van der Waals surface area contributed by atoms with E-state index >= 15 is 0 Å². The zero-order valence-electron chi connectivity index (χ0n) is 23.1. The number of hydrogen-bond acceptors (Lipinski definition) is 7. The molecule has 7 heteroatoms. The first-order chi connectivity index (χ1) is 16.6. The first-order valence-electron chi connectivity index (χ1n) is 14.3. The van der Waals surface area contributed by atoms with Crippen LogP contribution in [0.3, 0.4) is 0 Å². The third-order valence-electron chi connectivity index (χ3n) is 8.64. The fourth-order valence-corrected chi connectivity index (χ4v) is 5.83. The van der Waals surface area contributed by atoms with Crippen LogP contribution < -0.4 is 5.73 Å². The Labute approximate surface area is 214 Å². The molecule has 1 heterocycles. The van der Waals surface area contributed by atoms with E-state index in [2.05, 4.69) is 27.7 Å². The summed E-state index contributed by atoms with van der Waals surface area (Å²) in [6, 6.07) is 0. The summed E-state index contributed by atoms with van der Waals surface area (Å²) < 4.78 is 18.2. The molecule has 1 saturated heterocycles. The lowest BCUT2D eigenvalue weighted by molar-refractivity contribution is -0.272. The fourth-order valence-electron chi connectivity index (χ4n) is 5.83. The zero-order valence-corrected chi connectivity index (χ0v) is 23.1. The number of aliphatic hydroxyl groups excluding tert-OH is 3. The van der Waals surface area contributed by atoms with Crippen LogP contribution in [0.25, 0.3) is 0 Å². The molecule has 2 rings (SSSR count). The van der Waals surface area contributed by atoms with Gasteiger partial charge in [-0.3, -0.25) is 0 Å². The molecule has 5 N–H and O–H groups in total. The Balaban J connectivity index is 1.86. The van der Waals surface area contributed by atoms with E-state index in [0.717, 1.165) is 32.3 Å². The molecule has 2 fully saturated rings. The SMILES string of the molecule is CCCCCCCCCOCCC[C@]1(OCC2(N)C(CCCC)C2(C)C)O[C@H]([C@@H](C)O)[C@H](O)[C@@H]1O. The van der Waals surface area contributed by atoms with Crippen molar-refractivity contribution in [1.29, 1.82) is 0 Å². The van der Waals surface area contributed by atoms with Crippen LogP contribution in [-0.2, 0) is 14.2 Å². The molecule has 0 aromatic rings. The predicted molar refractivity (Wildman–Crippen MR) is 139 cm³/mol. The summed E-state index contributed by atoms with van der Waals surface area (Å²) in [6.07, 6.45) is 8.67. The normalized spacial score (nSPS) is 34.9. The summed E-state index contributed by atoms with van der Waals surface area (Å²) in [5, 5.41) is 31.6. The van der Waals surface area contributed by atoms with Crippen molar-refractivity contribution in [2.45, 2.75) is 147 Å². The summed E-state index contributed by atoms with van der Waals surface area (Å²) in [7, 11) is 0. The van der Waals surface area contributed by atoms with Gasteiger partial charge in [0.2, 0.25) is 0 Å². The van der Waals surface area contributed by atoms with Crippen molar-refractivity contribution >= 4 is 0 Å². The fraction of sp³-hybridized carbons (Fsp3) is 1.00. The van der Waals surface area contributed by atoms with Crippen molar-refractivity contribution in [2.24, 2.45) is 17.1 Å². The highest BCUT2D eigenvalue weighted by molar-refractivity contribution is 5.22. The Morgan fingerprint density at radius 2 is 1.51 bits per heavy atom. The van der Waals surface area contributed by atoms with Crippen molar-refractivity contribution in [3.63, 3.8) is 0 Å². The second-order valence-corrected chi connectivity index (χ2v) is 11.7. The lowest BCUT2D eigenvalue weighted by Crippen LogP contribution is -2.49. The van der Waals surface area contributed by atoms with Gasteiger partial charge in [-0.2, -0.15) is 0 Å². The van der Waals surface area contributed by atoms with Crippen LogP contribution in [-0.4, -0.2) is 70.9 Å². The monoisotopic (exact) mass is 501 g/mol. The van der Waals surface area contributed by atoms with E-state index in [9.17, 15) is 15.3 Å². The lowest BCUT2D eigenvalue weighted by atomic mass is 9.99. The molecule has 0 aromatic carbocycles. The number of hydrogen-bond donors (Lipinski definition) is 4. The van der Waals surface area contributed by atoms with Gasteiger partial charge in [0.15, 0.2) is 5.79 Å². The van der Waals surface area contributed by atoms with Crippen LogP contribution in [0, 0.1) is 11.3 Å². The highest BCUT2D eigenvalue weighted by atomic mass is 16.7. The van der Waals surface area contributed by atoms with Crippen molar-refractivity contribution < 1.29 is 29.5 Å². The molecule has 0 amide bonds. The molecular weight excluding hydrogens is 446 g/mol. The van der Waals surface area contributed by atoms with E-state index in [1.54, 1.807) is 6.92 Å². The molecular formula is C28H55NO6. The van der Waals surface area contributed by atoms with Gasteiger partial charge in [0.05, 0.1) is 12.7 Å². The molecule has 1 aliphatic heterocycles. The highest BCUT2D eigenvalue weighted by Gasteiger charge is 2.69. The van der Waals surface area contributed by atoms with Gasteiger partial charge in [-0.05, 0) is 37.5 Å². The van der Waals surface area contributed by atoms with Gasteiger partial charge >= 0.3 is 0 Å². The number of aliphatic hydroxyl groups is 3. The topological polar surface area (TPSA) is 114 Å². The van der Waals surface area contributed by atoms with Gasteiger partial charge < -0.3 is 35.3 Å². The Hall–Kier alpha value is -0.280. The maximum absolute atomic E-state index is 11.0. The van der Waals surface area contributed by atoms with Crippen LogP contribution in [0.1, 0.15) is 112 Å². The van der Waals surface area contributed by atoms with Crippen molar-refractivity contribution in [3.8, 4) is 0 Å². The number of ether oxygens (including phenoxy) is 3. The summed E-state index contributed by atoms with van der Waals surface area (Å²) in [5.41, 5.74) is 6.22. The van der Waals surface area contributed by atoms with Crippen LogP contribution in [0.15, 0.2) is 0 Å². The van der Waals surface area contributed by atoms with Gasteiger partial charge in [0, 0.05) is 25.2 Å². The van der Waals surface area contributed by atoms with Gasteiger partial charge in [-0.15, -0.1) is 0 Å². The van der Waals surface area contributed by atoms with E-state index in [-0.39, 0.29) is 12.0 Å². The smallest absolute Gasteiger partial charge is 0.197 e. The molecule has 0 spiro atoms. The second kappa shape index (κ2) is 14.0. The minimum atomic E-state index is -1.40. The maximum atomic E-state index is 11.0. The molecule has 1 aliphatic carbocycles. The summed E-state index contributed by atoms with van der Waals surface area (Å²) in [5.74, 6) is -1.06. The van der Waals surface area contributed by atoms with Crippen LogP contribution in [0.5, 0.6) is 0 Å². The maximum Gasteiger partial charge on any atom is 0.197 e. The molecule has 0 bridgehead atoms. The Kier molecular flexibility index (Phi) is 12.4. The van der Waals surface area contributed by atoms with E-state index < -0.39 is 35.7 Å². The van der Waals surface area contributed by atoms with Crippen molar-refractivity contribution in [3.05, 3.63) is 0 Å². The number of nitrogens with two attached hydrogens (primary N) is 1. The molecule has 2 aliphatic rings. The van der Waals surface area contributed by atoms with E-state index in [1.807, 2.05) is 0 Å². The molecule has 1 saturated carbocycles. The third kappa shape index (κ3) is 7.62. The lowest BCUT2D eigenvalue weighted by Gasteiger charge is -2.34. The quantitative estimate of drug-likeness (QED) is 0.195. The Bertz CT molecular complexity index is 602. The second-order valence-electron chi connectivity index (χ2n) is 11.7. The van der Waals surface area contributed by atoms with Gasteiger partial charge in [-0.25, -0.2) is 0 Å². The van der Waals surface area contributed by atoms with E-state index in [4.69, 9.17) is 19.9 Å². The van der Waals surface area contributed by atoms with Crippen molar-refractivity contribution in [2.75, 3.05) is 19.8 Å². The first kappa shape index (κ1) is 30.9. The molecule has 2 unspecified atom stereocenters. The Morgan fingerprint density at radius 3 is 2.11 bits per heavy atom. The van der Waals surface area contributed by atoms with Crippen LogP contribution >= 0.6 is 0 Å². The van der Waals surface area contributed by atoms with E-state index in [0.29, 0.717) is 25.4 Å². The predicted octanol–water partition coefficient (Wildman–Crippen LogP) is 4.29. The molecule has 35 heavy (non-hydrogen) atoms. The van der Waals surface area contributed by atoms with Crippen molar-refractivity contribution in [1.82, 2.24) is 0 Å². The molecule has 208 valence electrons. The average Bonchev–Trinajstić information content (AvgIpc) is 3.11. The first-order valence-corrected chi connectivity index (χ1v) is 14.3. The summed E-state index contributed by atoms with van der Waals surface area (Å²) >= 11 is 0. The van der Waals surface area contributed by atoms with Crippen LogP contribution in [0.4, 0.5) is 0 Å². The number of rotatable bonds is 19. The molecule has 7 nitrogen and oxygen atoms in total. The van der Waals surface area contributed by atoms with E-state index in [1.165, 1.54) is 38.5 Å². The molecule has 0 radical (unpaired) electrons. The molecule has 7 atom stereocenters. The summed E-state index contributed by atoms with van der Waals surface area (Å²) in [6.45, 7) is 11.8. The molecule has 0 aromatic heterocycles. The average molecular weight is 502 g/mol. The zero-order chi connectivity index (χ0) is 26.1. The largest absolute Gasteiger partial charge is 0.391 e. The Morgan fingerprint density at radius 1 is 0.914 bits per heavy atom. The van der Waals surface area contributed by atoms with Gasteiger partial charge in [0.25, 0.3) is 0 Å². The number of unbranched alkanes of at least 4 members (excludes halogenated alkanes) is 7. The summed E-state index contributed by atoms with van der Waals surface area (Å²) in [4.78, 5) is 0. The standard InChI is InChI=1S/C28H55NO6/c1-6-8-10-11-12-13-14-18-33-19-15-17-28(25(32)23(31)24(35-28)21(3)30)34-20-27(29)22(16-9-7-2)26(27,4)5/h21-25,30-32H,6-20,29H2,1-5H3/t21-,22?,23+,24-,25+,27?,28+/m1/s1. The van der Waals surface area contributed by atoms with Gasteiger partial charge in [0.1, 0.15) is 18.3 Å².